The van der Waals surface area contributed by atoms with E-state index in [0.717, 1.165) is 36.5 Å². The zero-order chi connectivity index (χ0) is 50.6. The Morgan fingerprint density at radius 1 is 0.306 bits per heavy atom. The van der Waals surface area contributed by atoms with E-state index in [2.05, 4.69) is 93.6 Å². The van der Waals surface area contributed by atoms with Gasteiger partial charge in [-0.05, 0) is 110 Å². The lowest BCUT2D eigenvalue weighted by Gasteiger charge is -2.22. The van der Waals surface area contributed by atoms with E-state index in [-0.39, 0.29) is 0 Å². The van der Waals surface area contributed by atoms with Gasteiger partial charge in [-0.2, -0.15) is 4.57 Å². The predicted octanol–water partition coefficient (Wildman–Crippen LogP) is 20.7. The van der Waals surface area contributed by atoms with E-state index in [1.54, 1.807) is 72.8 Å². The summed E-state index contributed by atoms with van der Waals surface area (Å²) in [6, 6.07) is 51.9. The molecule has 6 rings (SSSR count). The van der Waals surface area contributed by atoms with E-state index < -0.39 is 16.4 Å². The van der Waals surface area contributed by atoms with Crippen molar-refractivity contribution in [2.24, 2.45) is 0 Å². The van der Waals surface area contributed by atoms with Crippen LogP contribution in [0.15, 0.2) is 164 Å². The number of para-hydroxylation sites is 6. The molecule has 0 heterocycles. The van der Waals surface area contributed by atoms with Crippen LogP contribution >= 0.6 is 16.4 Å². The number of phosphoric acid groups is 1. The minimum atomic E-state index is -3.89. The minimum absolute atomic E-state index is 0.405. The summed E-state index contributed by atoms with van der Waals surface area (Å²) < 4.78 is 49.9. The number of rotatable bonds is 36. The molecule has 0 radical (unpaired) electrons. The average molecular weight is 1020 g/mol. The number of hydrogen-bond donors (Lipinski definition) is 0. The van der Waals surface area contributed by atoms with Crippen LogP contribution in [0.4, 0.5) is 0 Å². The van der Waals surface area contributed by atoms with Crippen LogP contribution in [0, 0.1) is 0 Å². The van der Waals surface area contributed by atoms with Crippen LogP contribution in [0.3, 0.4) is 0 Å². The van der Waals surface area contributed by atoms with Gasteiger partial charge in [0.2, 0.25) is 0 Å². The van der Waals surface area contributed by atoms with Crippen LogP contribution in [0.1, 0.15) is 172 Å². The van der Waals surface area contributed by atoms with Crippen molar-refractivity contribution in [1.29, 1.82) is 0 Å². The summed E-state index contributed by atoms with van der Waals surface area (Å²) in [6.45, 7) is 6.84. The summed E-state index contributed by atoms with van der Waals surface area (Å²) in [5.74, 6) is 3.87. The highest BCUT2D eigenvalue weighted by atomic mass is 31.2. The highest BCUT2D eigenvalue weighted by molar-refractivity contribution is 7.49. The van der Waals surface area contributed by atoms with Crippen LogP contribution < -0.4 is 27.1 Å². The topological polar surface area (TPSA) is 72.5 Å². The standard InChI is InChI=1S/C45H69O3P.C18H15O4P/c1-4-7-10-13-16-19-22-31-40-34-25-28-37-43(40)46-49(47-44-38-29-26-35-41(44)32-23-20-17-14-11-8-5-2)48-45-39-30-27-36-42(45)33-24-21-18-15-12-9-6-3;19-23(20-16-10-4-1-5-11-16,21-17-12-6-2-7-13-17)22-18-14-8-3-9-15-18/h25-30,34-39H,4-24,31-33H2,1-3H3;1-15H. The van der Waals surface area contributed by atoms with Gasteiger partial charge in [0.25, 0.3) is 0 Å². The molecule has 7 nitrogen and oxygen atoms in total. The van der Waals surface area contributed by atoms with Crippen molar-refractivity contribution in [2.45, 2.75) is 175 Å². The van der Waals surface area contributed by atoms with Crippen LogP contribution in [-0.2, 0) is 23.8 Å². The molecule has 9 heteroatoms. The molecule has 0 atom stereocenters. The number of unbranched alkanes of at least 4 members (excludes halogenated alkanes) is 18. The summed E-state index contributed by atoms with van der Waals surface area (Å²) in [5, 5.41) is 0. The van der Waals surface area contributed by atoms with Crippen molar-refractivity contribution in [2.75, 3.05) is 0 Å². The second-order valence-electron chi connectivity index (χ2n) is 18.6. The van der Waals surface area contributed by atoms with Gasteiger partial charge < -0.3 is 27.1 Å². The molecule has 6 aromatic carbocycles. The average Bonchev–Trinajstić information content (AvgIpc) is 3.40. The van der Waals surface area contributed by atoms with Gasteiger partial charge in [-0.25, -0.2) is 0 Å². The molecule has 0 aliphatic rings. The van der Waals surface area contributed by atoms with E-state index in [9.17, 15) is 4.57 Å². The van der Waals surface area contributed by atoms with Crippen molar-refractivity contribution >= 4 is 16.4 Å². The van der Waals surface area contributed by atoms with Crippen molar-refractivity contribution in [3.8, 4) is 34.5 Å². The van der Waals surface area contributed by atoms with E-state index in [1.807, 2.05) is 18.2 Å². The normalized spacial score (nSPS) is 11.1. The Morgan fingerprint density at radius 3 is 0.819 bits per heavy atom. The molecule has 0 aliphatic heterocycles. The molecule has 0 bridgehead atoms. The van der Waals surface area contributed by atoms with Crippen molar-refractivity contribution < 1.29 is 31.7 Å². The number of benzene rings is 6. The number of aryl methyl sites for hydroxylation is 3. The third-order valence-electron chi connectivity index (χ3n) is 12.5. The van der Waals surface area contributed by atoms with Crippen LogP contribution in [0.2, 0.25) is 0 Å². The molecular weight excluding hydrogens is 931 g/mol. The van der Waals surface area contributed by atoms with Crippen molar-refractivity contribution in [3.05, 3.63) is 180 Å². The first-order valence-electron chi connectivity index (χ1n) is 27.4. The molecule has 0 N–H and O–H groups in total. The minimum Gasteiger partial charge on any atom is -0.408 e. The van der Waals surface area contributed by atoms with Crippen LogP contribution in [0.5, 0.6) is 34.5 Å². The smallest absolute Gasteiger partial charge is 0.408 e. The van der Waals surface area contributed by atoms with E-state index in [4.69, 9.17) is 27.1 Å². The van der Waals surface area contributed by atoms with E-state index in [0.29, 0.717) is 17.2 Å². The van der Waals surface area contributed by atoms with Gasteiger partial charge in [0.05, 0.1) is 0 Å². The Morgan fingerprint density at radius 2 is 0.542 bits per heavy atom. The molecule has 0 amide bonds. The summed E-state index contributed by atoms with van der Waals surface area (Å²) in [7, 11) is -5.61. The lowest BCUT2D eigenvalue weighted by atomic mass is 10.0. The summed E-state index contributed by atoms with van der Waals surface area (Å²) >= 11 is 0. The predicted molar refractivity (Wildman–Crippen MR) is 302 cm³/mol. The van der Waals surface area contributed by atoms with Crippen LogP contribution in [-0.4, -0.2) is 0 Å². The van der Waals surface area contributed by atoms with Crippen molar-refractivity contribution in [1.82, 2.24) is 0 Å². The lowest BCUT2D eigenvalue weighted by Crippen LogP contribution is -2.07. The third kappa shape index (κ3) is 23.6. The summed E-state index contributed by atoms with van der Waals surface area (Å²) in [6.07, 6.45) is 30.3. The Balaban J connectivity index is 0.000000345. The summed E-state index contributed by atoms with van der Waals surface area (Å²) in [5.41, 5.74) is 3.72. The van der Waals surface area contributed by atoms with Gasteiger partial charge in [-0.1, -0.05) is 246 Å². The number of hydrogen-bond acceptors (Lipinski definition) is 7. The molecule has 0 unspecified atom stereocenters. The van der Waals surface area contributed by atoms with Gasteiger partial charge in [0.15, 0.2) is 0 Å². The number of phosphoric ester groups is 1. The zero-order valence-corrected chi connectivity index (χ0v) is 45.6. The second-order valence-corrected chi connectivity index (χ2v) is 21.0. The Labute approximate surface area is 436 Å². The maximum atomic E-state index is 13.1. The maximum absolute atomic E-state index is 13.1. The molecule has 0 saturated carbocycles. The second kappa shape index (κ2) is 35.8. The molecule has 6 aromatic rings. The van der Waals surface area contributed by atoms with Gasteiger partial charge in [-0.15, -0.1) is 0 Å². The first-order chi connectivity index (χ1) is 35.5. The summed E-state index contributed by atoms with van der Waals surface area (Å²) in [4.78, 5) is 0. The monoisotopic (exact) mass is 1010 g/mol. The molecule has 0 saturated heterocycles. The van der Waals surface area contributed by atoms with E-state index >= 15 is 0 Å². The Bertz CT molecular complexity index is 2070. The molecule has 0 aromatic heterocycles. The Hall–Kier alpha value is -5.22. The zero-order valence-electron chi connectivity index (χ0n) is 43.8. The van der Waals surface area contributed by atoms with E-state index in [1.165, 1.54) is 152 Å². The lowest BCUT2D eigenvalue weighted by molar-refractivity contribution is 0.298. The highest BCUT2D eigenvalue weighted by Gasteiger charge is 2.33. The Kier molecular flexibility index (Phi) is 28.7. The molecule has 0 aliphatic carbocycles. The fourth-order valence-corrected chi connectivity index (χ4v) is 10.8. The maximum Gasteiger partial charge on any atom is 0.647 e. The van der Waals surface area contributed by atoms with Gasteiger partial charge in [0, 0.05) is 0 Å². The first-order valence-corrected chi connectivity index (χ1v) is 30.0. The van der Waals surface area contributed by atoms with Crippen molar-refractivity contribution in [3.63, 3.8) is 0 Å². The molecule has 388 valence electrons. The quantitative estimate of drug-likeness (QED) is 0.0287. The molecule has 0 spiro atoms. The largest absolute Gasteiger partial charge is 0.647 e. The van der Waals surface area contributed by atoms with Gasteiger partial charge in [-0.3, -0.25) is 0 Å². The fraction of sp³-hybridized carbons (Fsp3) is 0.429. The first kappa shape index (κ1) is 57.7. The molecular formula is C63H84O7P2. The third-order valence-corrected chi connectivity index (χ3v) is 14.8. The SMILES string of the molecule is CCCCCCCCCc1ccccc1OP(Oc1ccccc1CCCCCCCCC)Oc1ccccc1CCCCCCCCC.O=P(Oc1ccccc1)(Oc1ccccc1)Oc1ccccc1. The molecule has 72 heavy (non-hydrogen) atoms. The molecule has 0 fully saturated rings. The van der Waals surface area contributed by atoms with Gasteiger partial charge >= 0.3 is 16.4 Å². The van der Waals surface area contributed by atoms with Gasteiger partial charge in [0.1, 0.15) is 34.5 Å². The highest BCUT2D eigenvalue weighted by Crippen LogP contribution is 2.50. The fourth-order valence-electron chi connectivity index (χ4n) is 8.40. The van der Waals surface area contributed by atoms with Crippen LogP contribution in [0.25, 0.3) is 0 Å².